The van der Waals surface area contributed by atoms with E-state index in [0.717, 1.165) is 0 Å². The molecule has 0 N–H and O–H groups in total. The minimum atomic E-state index is -0.421. The van der Waals surface area contributed by atoms with Crippen LogP contribution in [-0.2, 0) is 10.8 Å². The largest absolute Gasteiger partial charge is 0.0622 e. The SMILES string of the molecule is [2H][C@H]1C(c2cccc3ccccc23)(c2cccc3ccccc23)[C@@]1(C)c1ccccc1. The third-order valence-corrected chi connectivity index (χ3v) is 7.04. The molecule has 0 heteroatoms. The molecular formula is C30H24. The van der Waals surface area contributed by atoms with Gasteiger partial charge in [-0.25, -0.2) is 0 Å². The predicted octanol–water partition coefficient (Wildman–Crippen LogP) is 7.64. The van der Waals surface area contributed by atoms with Gasteiger partial charge >= 0.3 is 0 Å². The van der Waals surface area contributed by atoms with Gasteiger partial charge in [0.1, 0.15) is 0 Å². The van der Waals surface area contributed by atoms with Crippen molar-refractivity contribution >= 4 is 21.5 Å². The molecule has 5 aromatic carbocycles. The molecule has 0 heterocycles. The van der Waals surface area contributed by atoms with E-state index >= 15 is 0 Å². The first-order valence-electron chi connectivity index (χ1n) is 11.2. The quantitative estimate of drug-likeness (QED) is 0.299. The van der Waals surface area contributed by atoms with Gasteiger partial charge in [-0.05, 0) is 44.6 Å². The third kappa shape index (κ3) is 2.28. The Labute approximate surface area is 179 Å². The van der Waals surface area contributed by atoms with Crippen molar-refractivity contribution in [3.05, 3.63) is 132 Å². The number of hydrogen-bond acceptors (Lipinski definition) is 0. The summed E-state index contributed by atoms with van der Waals surface area (Å²) in [6.07, 6.45) is -0.279. The Hall–Kier alpha value is -3.38. The number of hydrogen-bond donors (Lipinski definition) is 0. The lowest BCUT2D eigenvalue weighted by molar-refractivity contribution is 0.660. The van der Waals surface area contributed by atoms with Gasteiger partial charge in [0, 0.05) is 12.2 Å². The summed E-state index contributed by atoms with van der Waals surface area (Å²) in [6, 6.07) is 41.0. The summed E-state index contributed by atoms with van der Waals surface area (Å²) in [4.78, 5) is 0. The number of fused-ring (bicyclic) bond motifs is 2. The van der Waals surface area contributed by atoms with Crippen LogP contribution in [-0.4, -0.2) is 0 Å². The van der Waals surface area contributed by atoms with Crippen LogP contribution in [0.5, 0.6) is 0 Å². The summed E-state index contributed by atoms with van der Waals surface area (Å²) in [7, 11) is 0. The van der Waals surface area contributed by atoms with Crippen LogP contribution in [0.15, 0.2) is 115 Å². The molecule has 5 aromatic rings. The Morgan fingerprint density at radius 3 is 1.60 bits per heavy atom. The van der Waals surface area contributed by atoms with Crippen LogP contribution in [0.1, 0.15) is 31.4 Å². The first kappa shape index (κ1) is 16.4. The molecule has 0 aliphatic heterocycles. The van der Waals surface area contributed by atoms with Crippen LogP contribution < -0.4 is 0 Å². The summed E-state index contributed by atoms with van der Waals surface area (Å²) in [5.41, 5.74) is 3.01. The lowest BCUT2D eigenvalue weighted by Gasteiger charge is -2.27. The Morgan fingerprint density at radius 2 is 1.03 bits per heavy atom. The molecule has 144 valence electrons. The summed E-state index contributed by atoms with van der Waals surface area (Å²) in [5.74, 6) is 0. The van der Waals surface area contributed by atoms with Crippen molar-refractivity contribution < 1.29 is 1.37 Å². The lowest BCUT2D eigenvalue weighted by Crippen LogP contribution is -2.22. The van der Waals surface area contributed by atoms with E-state index in [1.807, 2.05) is 0 Å². The Kier molecular flexibility index (Phi) is 3.45. The molecule has 2 atom stereocenters. The van der Waals surface area contributed by atoms with Gasteiger partial charge in [-0.15, -0.1) is 0 Å². The second-order valence-corrected chi connectivity index (χ2v) is 8.57. The third-order valence-electron chi connectivity index (χ3n) is 7.04. The van der Waals surface area contributed by atoms with Gasteiger partial charge in [0.05, 0.1) is 0 Å². The Bertz CT molecular complexity index is 1330. The summed E-state index contributed by atoms with van der Waals surface area (Å²) in [6.45, 7) is 2.28. The van der Waals surface area contributed by atoms with Crippen molar-refractivity contribution in [1.82, 2.24) is 0 Å². The summed E-state index contributed by atoms with van der Waals surface area (Å²) < 4.78 is 9.52. The number of rotatable bonds is 3. The molecule has 6 rings (SSSR count). The first-order valence-corrected chi connectivity index (χ1v) is 10.6. The Morgan fingerprint density at radius 1 is 0.567 bits per heavy atom. The zero-order valence-corrected chi connectivity index (χ0v) is 17.0. The van der Waals surface area contributed by atoms with Crippen LogP contribution >= 0.6 is 0 Å². The molecule has 1 aliphatic rings. The second kappa shape index (κ2) is 6.31. The van der Waals surface area contributed by atoms with Crippen molar-refractivity contribution in [3.8, 4) is 0 Å². The maximum absolute atomic E-state index is 9.52. The molecule has 0 spiro atoms. The molecule has 0 bridgehead atoms. The van der Waals surface area contributed by atoms with E-state index in [4.69, 9.17) is 0 Å². The van der Waals surface area contributed by atoms with Gasteiger partial charge in [0.2, 0.25) is 0 Å². The van der Waals surface area contributed by atoms with E-state index in [2.05, 4.69) is 122 Å². The molecule has 1 saturated carbocycles. The van der Waals surface area contributed by atoms with Crippen LogP contribution in [0.4, 0.5) is 0 Å². The van der Waals surface area contributed by atoms with Crippen LogP contribution in [0.2, 0.25) is 0 Å². The van der Waals surface area contributed by atoms with E-state index < -0.39 is 5.41 Å². The average molecular weight is 386 g/mol. The zero-order chi connectivity index (χ0) is 21.1. The molecule has 0 radical (unpaired) electrons. The topological polar surface area (TPSA) is 0 Å². The smallest absolute Gasteiger partial charge is 0.0318 e. The highest BCUT2D eigenvalue weighted by Gasteiger charge is 2.67. The molecule has 0 nitrogen and oxygen atoms in total. The van der Waals surface area contributed by atoms with Gasteiger partial charge in [-0.2, -0.15) is 0 Å². The minimum absolute atomic E-state index is 0.279. The Balaban J connectivity index is 1.75. The van der Waals surface area contributed by atoms with Crippen molar-refractivity contribution in [3.63, 3.8) is 0 Å². The zero-order valence-electron chi connectivity index (χ0n) is 18.0. The van der Waals surface area contributed by atoms with E-state index in [1.165, 1.54) is 38.2 Å². The fraction of sp³-hybridized carbons (Fsp3) is 0.133. The molecule has 0 unspecified atom stereocenters. The maximum atomic E-state index is 9.52. The summed E-state index contributed by atoms with van der Waals surface area (Å²) in [5, 5.41) is 4.95. The second-order valence-electron chi connectivity index (χ2n) is 8.57. The average Bonchev–Trinajstić information content (AvgIpc) is 3.35. The highest BCUT2D eigenvalue weighted by atomic mass is 14.7. The standard InChI is InChI=1S/C30H24/c1-29(24-15-3-2-4-16-24)21-30(29,27-19-9-13-22-11-5-7-17-25(22)27)28-20-10-14-23-12-6-8-18-26(23)28/h2-20H,21H2,1H3/t29-/m1/s1/i21D/t21-,29-. The summed E-state index contributed by atoms with van der Waals surface area (Å²) >= 11 is 0. The molecule has 0 saturated heterocycles. The highest BCUT2D eigenvalue weighted by molar-refractivity contribution is 5.93. The highest BCUT2D eigenvalue weighted by Crippen LogP contribution is 2.70. The normalized spacial score (nSPS) is 22.7. The van der Waals surface area contributed by atoms with E-state index in [-0.39, 0.29) is 11.8 Å². The number of benzene rings is 5. The van der Waals surface area contributed by atoms with Gasteiger partial charge < -0.3 is 0 Å². The fourth-order valence-electron chi connectivity index (χ4n) is 5.49. The molecule has 0 amide bonds. The monoisotopic (exact) mass is 385 g/mol. The van der Waals surface area contributed by atoms with Crippen molar-refractivity contribution in [2.24, 2.45) is 0 Å². The van der Waals surface area contributed by atoms with Crippen LogP contribution in [0.25, 0.3) is 21.5 Å². The molecule has 1 fully saturated rings. The minimum Gasteiger partial charge on any atom is -0.0622 e. The van der Waals surface area contributed by atoms with Gasteiger partial charge in [0.25, 0.3) is 0 Å². The molecule has 1 aliphatic carbocycles. The molecular weight excluding hydrogens is 360 g/mol. The van der Waals surface area contributed by atoms with Gasteiger partial charge in [0.15, 0.2) is 0 Å². The van der Waals surface area contributed by atoms with Crippen molar-refractivity contribution in [1.29, 1.82) is 0 Å². The van der Waals surface area contributed by atoms with E-state index in [1.54, 1.807) is 0 Å². The van der Waals surface area contributed by atoms with Gasteiger partial charge in [-0.3, -0.25) is 0 Å². The first-order chi connectivity index (χ1) is 15.2. The van der Waals surface area contributed by atoms with E-state index in [9.17, 15) is 1.37 Å². The van der Waals surface area contributed by atoms with Crippen molar-refractivity contribution in [2.75, 3.05) is 0 Å². The molecule has 30 heavy (non-hydrogen) atoms. The predicted molar refractivity (Wildman–Crippen MR) is 127 cm³/mol. The maximum Gasteiger partial charge on any atom is 0.0318 e. The molecule has 0 aromatic heterocycles. The van der Waals surface area contributed by atoms with Crippen molar-refractivity contribution in [2.45, 2.75) is 24.2 Å². The van der Waals surface area contributed by atoms with Crippen LogP contribution in [0.3, 0.4) is 0 Å². The van der Waals surface area contributed by atoms with Gasteiger partial charge in [-0.1, -0.05) is 122 Å². The lowest BCUT2D eigenvalue weighted by atomic mass is 9.75. The van der Waals surface area contributed by atoms with E-state index in [0.29, 0.717) is 0 Å². The van der Waals surface area contributed by atoms with Crippen LogP contribution in [0, 0.1) is 0 Å². The fourth-order valence-corrected chi connectivity index (χ4v) is 5.49.